The van der Waals surface area contributed by atoms with E-state index < -0.39 is 0 Å². The molecular weight excluding hydrogens is 397 g/mol. The number of nitrogens with one attached hydrogen (secondary N) is 1. The number of nitrogens with zero attached hydrogens (tertiary/aromatic N) is 2. The molecule has 2 aliphatic heterocycles. The first-order valence-electron chi connectivity index (χ1n) is 7.86. The van der Waals surface area contributed by atoms with E-state index in [0.29, 0.717) is 0 Å². The molecule has 23 heavy (non-hydrogen) atoms. The molecule has 0 aliphatic carbocycles. The molecule has 2 unspecified atom stereocenters. The molecular formula is C19H20IN3. The Labute approximate surface area is 151 Å². The van der Waals surface area contributed by atoms with E-state index >= 15 is 0 Å². The second-order valence-electron chi connectivity index (χ2n) is 6.85. The quantitative estimate of drug-likeness (QED) is 0.546. The van der Waals surface area contributed by atoms with Crippen LogP contribution in [-0.4, -0.2) is 5.54 Å². The lowest BCUT2D eigenvalue weighted by molar-refractivity contribution is -0.916. The fourth-order valence-electron chi connectivity index (χ4n) is 3.45. The Morgan fingerprint density at radius 3 is 2.48 bits per heavy atom. The van der Waals surface area contributed by atoms with Crippen molar-refractivity contribution in [3.8, 4) is 11.1 Å². The minimum atomic E-state index is -0.0294. The molecule has 3 nitrogen and oxygen atoms in total. The maximum Gasteiger partial charge on any atom is 0.128 e. The molecule has 4 heteroatoms. The average molecular weight is 417 g/mol. The summed E-state index contributed by atoms with van der Waals surface area (Å²) in [5, 5.41) is 3.38. The van der Waals surface area contributed by atoms with Crippen molar-refractivity contribution in [1.29, 1.82) is 0 Å². The van der Waals surface area contributed by atoms with Gasteiger partial charge in [-0.1, -0.05) is 65.1 Å². The highest BCUT2D eigenvalue weighted by Crippen LogP contribution is 2.48. The molecule has 2 atom stereocenters. The van der Waals surface area contributed by atoms with Gasteiger partial charge in [0.15, 0.2) is 0 Å². The third kappa shape index (κ3) is 2.04. The van der Waals surface area contributed by atoms with E-state index in [1.54, 1.807) is 0 Å². The molecule has 2 aliphatic rings. The second kappa shape index (κ2) is 4.98. The van der Waals surface area contributed by atoms with Gasteiger partial charge < -0.3 is 5.43 Å². The first-order chi connectivity index (χ1) is 10.9. The van der Waals surface area contributed by atoms with Gasteiger partial charge in [-0.3, -0.25) is 5.12 Å². The minimum absolute atomic E-state index is 0.00331. The normalized spacial score (nSPS) is 27.3. The van der Waals surface area contributed by atoms with Crippen molar-refractivity contribution in [2.24, 2.45) is 0 Å². The van der Waals surface area contributed by atoms with Crippen LogP contribution in [0.1, 0.15) is 26.3 Å². The highest BCUT2D eigenvalue weighted by atomic mass is 127. The molecule has 0 fully saturated rings. The van der Waals surface area contributed by atoms with Gasteiger partial charge in [0.2, 0.25) is 0 Å². The number of rotatable bonds is 1. The third-order valence-electron chi connectivity index (χ3n) is 5.24. The van der Waals surface area contributed by atoms with Gasteiger partial charge in [0.05, 0.1) is 5.69 Å². The number of anilines is 1. The highest BCUT2D eigenvalue weighted by molar-refractivity contribution is 14.1. The lowest BCUT2D eigenvalue weighted by Crippen LogP contribution is -3.23. The van der Waals surface area contributed by atoms with E-state index in [4.69, 9.17) is 0 Å². The average Bonchev–Trinajstić information content (AvgIpc) is 3.04. The second-order valence-corrected chi connectivity index (χ2v) is 9.00. The van der Waals surface area contributed by atoms with Crippen LogP contribution in [0.25, 0.3) is 16.6 Å². The molecule has 2 aromatic carbocycles. The molecule has 0 saturated carbocycles. The van der Waals surface area contributed by atoms with Gasteiger partial charge in [0.25, 0.3) is 0 Å². The van der Waals surface area contributed by atoms with Crippen LogP contribution < -0.4 is 10.1 Å². The molecule has 0 saturated heterocycles. The van der Waals surface area contributed by atoms with E-state index in [0.717, 1.165) is 5.12 Å². The van der Waals surface area contributed by atoms with Gasteiger partial charge in [0, 0.05) is 11.8 Å². The maximum atomic E-state index is 4.66. The Morgan fingerprint density at radius 2 is 1.74 bits per heavy atom. The van der Waals surface area contributed by atoms with E-state index in [1.807, 2.05) is 6.20 Å². The molecule has 118 valence electrons. The van der Waals surface area contributed by atoms with Crippen molar-refractivity contribution in [2.45, 2.75) is 29.7 Å². The SMILES string of the molecule is CC1(I)c2ccc(-c3ccccc3)cc2N2C=C[N-][NH+]2C1(C)C. The summed E-state index contributed by atoms with van der Waals surface area (Å²) in [7, 11) is 0. The number of hydrogen-bond donors (Lipinski definition) is 1. The molecule has 0 aromatic heterocycles. The zero-order valence-electron chi connectivity index (χ0n) is 13.5. The highest BCUT2D eigenvalue weighted by Gasteiger charge is 2.54. The van der Waals surface area contributed by atoms with E-state index in [2.05, 4.69) is 109 Å². The van der Waals surface area contributed by atoms with Crippen LogP contribution in [0.2, 0.25) is 0 Å². The number of quaternary nitrogens is 1. The summed E-state index contributed by atoms with van der Waals surface area (Å²) in [6.07, 6.45) is 3.99. The number of hydrogen-bond acceptors (Lipinski definition) is 1. The molecule has 1 N–H and O–H groups in total. The Kier molecular flexibility index (Phi) is 3.25. The standard InChI is InChI=1S/C19H20IN3/c1-18(2)19(3,20)16-10-9-15(14-7-5-4-6-8-14)13-17(16)22-12-11-21-23(18)22/h4-13,23H,1-3H3. The summed E-state index contributed by atoms with van der Waals surface area (Å²) in [4.78, 5) is 0. The Hall–Kier alpha value is -1.53. The summed E-state index contributed by atoms with van der Waals surface area (Å²) in [5.74, 6) is 0. The van der Waals surface area contributed by atoms with Crippen LogP contribution in [0, 0.1) is 0 Å². The van der Waals surface area contributed by atoms with E-state index in [9.17, 15) is 0 Å². The van der Waals surface area contributed by atoms with Crippen molar-refractivity contribution in [3.63, 3.8) is 0 Å². The molecule has 0 radical (unpaired) electrons. The smallest absolute Gasteiger partial charge is 0.128 e. The van der Waals surface area contributed by atoms with Gasteiger partial charge in [-0.05, 0) is 38.0 Å². The summed E-state index contributed by atoms with van der Waals surface area (Å²) in [6.45, 7) is 6.88. The Balaban J connectivity index is 1.91. The van der Waals surface area contributed by atoms with Crippen molar-refractivity contribution >= 4 is 28.3 Å². The number of halogens is 1. The summed E-state index contributed by atoms with van der Waals surface area (Å²) in [6, 6.07) is 17.4. The summed E-state index contributed by atoms with van der Waals surface area (Å²) < 4.78 is -0.00331. The molecule has 0 bridgehead atoms. The Morgan fingerprint density at radius 1 is 1.00 bits per heavy atom. The van der Waals surface area contributed by atoms with Crippen molar-refractivity contribution in [1.82, 2.24) is 0 Å². The monoisotopic (exact) mass is 417 g/mol. The van der Waals surface area contributed by atoms with Crippen LogP contribution in [0.15, 0.2) is 60.9 Å². The summed E-state index contributed by atoms with van der Waals surface area (Å²) >= 11 is 2.59. The van der Waals surface area contributed by atoms with Gasteiger partial charge >= 0.3 is 0 Å². The first kappa shape index (κ1) is 15.0. The Bertz CT molecular complexity index is 780. The molecule has 0 spiro atoms. The van der Waals surface area contributed by atoms with Crippen molar-refractivity contribution < 1.29 is 5.12 Å². The largest absolute Gasteiger partial charge is 0.467 e. The first-order valence-corrected chi connectivity index (χ1v) is 8.94. The van der Waals surface area contributed by atoms with Crippen LogP contribution >= 0.6 is 22.6 Å². The molecule has 2 aromatic rings. The third-order valence-corrected chi connectivity index (χ3v) is 7.17. The zero-order chi connectivity index (χ0) is 16.2. The van der Waals surface area contributed by atoms with Crippen LogP contribution in [0.5, 0.6) is 0 Å². The fourth-order valence-corrected chi connectivity index (χ4v) is 4.14. The predicted molar refractivity (Wildman–Crippen MR) is 103 cm³/mol. The van der Waals surface area contributed by atoms with E-state index in [1.165, 1.54) is 22.4 Å². The van der Waals surface area contributed by atoms with Gasteiger partial charge in [-0.25, -0.2) is 5.01 Å². The van der Waals surface area contributed by atoms with Gasteiger partial charge in [0.1, 0.15) is 8.96 Å². The van der Waals surface area contributed by atoms with Crippen molar-refractivity contribution in [2.75, 3.05) is 5.01 Å². The predicted octanol–water partition coefficient (Wildman–Crippen LogP) is 4.18. The fraction of sp³-hybridized carbons (Fsp3) is 0.263. The lowest BCUT2D eigenvalue weighted by atomic mass is 9.80. The molecule has 4 rings (SSSR count). The van der Waals surface area contributed by atoms with Crippen molar-refractivity contribution in [3.05, 3.63) is 71.9 Å². The van der Waals surface area contributed by atoms with Crippen LogP contribution in [0.3, 0.4) is 0 Å². The van der Waals surface area contributed by atoms with Crippen LogP contribution in [0.4, 0.5) is 5.69 Å². The van der Waals surface area contributed by atoms with Gasteiger partial charge in [-0.15, -0.1) is 6.20 Å². The number of alkyl halides is 1. The number of benzene rings is 2. The summed E-state index contributed by atoms with van der Waals surface area (Å²) in [5.41, 5.74) is 9.74. The molecule has 0 amide bonds. The number of fused-ring (bicyclic) bond motifs is 3. The molecule has 2 heterocycles. The topological polar surface area (TPSA) is 21.8 Å². The van der Waals surface area contributed by atoms with E-state index in [-0.39, 0.29) is 8.96 Å². The van der Waals surface area contributed by atoms with Gasteiger partial charge in [-0.2, -0.15) is 0 Å². The maximum absolute atomic E-state index is 4.66. The van der Waals surface area contributed by atoms with Crippen LogP contribution in [-0.2, 0) is 3.42 Å². The zero-order valence-corrected chi connectivity index (χ0v) is 15.7. The lowest BCUT2D eigenvalue weighted by Gasteiger charge is -2.55. The minimum Gasteiger partial charge on any atom is -0.467 e.